The average molecular weight is 391 g/mol. The highest BCUT2D eigenvalue weighted by molar-refractivity contribution is 5.78. The fourth-order valence-corrected chi connectivity index (χ4v) is 2.63. The molecule has 2 aliphatic rings. The van der Waals surface area contributed by atoms with E-state index in [0.29, 0.717) is 25.9 Å². The lowest BCUT2D eigenvalue weighted by molar-refractivity contribution is -0.862. The van der Waals surface area contributed by atoms with Crippen molar-refractivity contribution in [3.63, 3.8) is 0 Å². The van der Waals surface area contributed by atoms with Crippen LogP contribution in [0.15, 0.2) is 0 Å². The van der Waals surface area contributed by atoms with Crippen molar-refractivity contribution in [2.45, 2.75) is 25.7 Å². The van der Waals surface area contributed by atoms with Crippen LogP contribution < -0.4 is 0 Å². The number of carbonyl (C=O) groups excluding carboxylic acids is 2. The number of rotatable bonds is 4. The Labute approximate surface area is 171 Å². The maximum absolute atomic E-state index is 11.2. The molecule has 6 heteroatoms. The van der Waals surface area contributed by atoms with Crippen LogP contribution in [-0.2, 0) is 9.59 Å². The first kappa shape index (κ1) is 24.0. The van der Waals surface area contributed by atoms with Gasteiger partial charge in [-0.1, -0.05) is 11.8 Å². The second-order valence-corrected chi connectivity index (χ2v) is 9.44. The van der Waals surface area contributed by atoms with Crippen LogP contribution in [0.5, 0.6) is 0 Å². The predicted molar refractivity (Wildman–Crippen MR) is 113 cm³/mol. The lowest BCUT2D eigenvalue weighted by Gasteiger charge is -2.20. The van der Waals surface area contributed by atoms with Crippen molar-refractivity contribution in [2.75, 3.05) is 81.6 Å². The zero-order valence-electron chi connectivity index (χ0n) is 18.7. The SMILES string of the molecule is C[N+](C)(C)CC#CCN1CCCC1=O.C[N+](C)(C)CC#CCN1CCCC1=O. The van der Waals surface area contributed by atoms with E-state index in [1.165, 1.54) is 0 Å². The Bertz CT molecular complexity index is 592. The van der Waals surface area contributed by atoms with Crippen molar-refractivity contribution in [3.8, 4) is 23.7 Å². The highest BCUT2D eigenvalue weighted by Crippen LogP contribution is 2.08. The summed E-state index contributed by atoms with van der Waals surface area (Å²) in [5.74, 6) is 12.8. The third-order valence-corrected chi connectivity index (χ3v) is 4.24. The summed E-state index contributed by atoms with van der Waals surface area (Å²) in [5.41, 5.74) is 0. The number of amides is 2. The Morgan fingerprint density at radius 3 is 1.29 bits per heavy atom. The number of hydrogen-bond donors (Lipinski definition) is 0. The van der Waals surface area contributed by atoms with Crippen molar-refractivity contribution < 1.29 is 18.6 Å². The zero-order chi connectivity index (χ0) is 21.2. The Morgan fingerprint density at radius 1 is 0.679 bits per heavy atom. The summed E-state index contributed by atoms with van der Waals surface area (Å²) in [4.78, 5) is 26.1. The molecule has 0 aliphatic carbocycles. The number of hydrogen-bond acceptors (Lipinski definition) is 2. The van der Waals surface area contributed by atoms with Crippen LogP contribution in [0, 0.1) is 23.7 Å². The first-order valence-corrected chi connectivity index (χ1v) is 10.1. The molecule has 0 atom stereocenters. The first-order valence-electron chi connectivity index (χ1n) is 10.1. The van der Waals surface area contributed by atoms with Gasteiger partial charge in [-0.15, -0.1) is 0 Å². The number of nitrogens with zero attached hydrogens (tertiary/aromatic N) is 4. The van der Waals surface area contributed by atoms with Gasteiger partial charge in [-0.05, 0) is 24.7 Å². The largest absolute Gasteiger partial charge is 0.332 e. The minimum Gasteiger partial charge on any atom is -0.332 e. The van der Waals surface area contributed by atoms with Crippen molar-refractivity contribution >= 4 is 11.8 Å². The van der Waals surface area contributed by atoms with Crippen LogP contribution in [0.2, 0.25) is 0 Å². The van der Waals surface area contributed by atoms with Gasteiger partial charge >= 0.3 is 0 Å². The van der Waals surface area contributed by atoms with Gasteiger partial charge in [0, 0.05) is 25.9 Å². The van der Waals surface area contributed by atoms with E-state index in [4.69, 9.17) is 0 Å². The Kier molecular flexibility index (Phi) is 9.52. The molecular formula is C22H38N4O2+2. The molecule has 2 heterocycles. The monoisotopic (exact) mass is 390 g/mol. The molecule has 0 aromatic heterocycles. The lowest BCUT2D eigenvalue weighted by atomic mass is 10.4. The number of quaternary nitrogens is 2. The Hall–Kier alpha value is -2.02. The smallest absolute Gasteiger partial charge is 0.223 e. The summed E-state index contributed by atoms with van der Waals surface area (Å²) in [6, 6.07) is 0. The second kappa shape index (κ2) is 11.1. The Morgan fingerprint density at radius 2 is 1.04 bits per heavy atom. The average Bonchev–Trinajstić information content (AvgIpc) is 3.16. The molecule has 2 amide bonds. The second-order valence-electron chi connectivity index (χ2n) is 9.44. The van der Waals surface area contributed by atoms with Crippen molar-refractivity contribution in [2.24, 2.45) is 0 Å². The van der Waals surface area contributed by atoms with Gasteiger partial charge in [-0.2, -0.15) is 0 Å². The molecule has 2 aliphatic heterocycles. The van der Waals surface area contributed by atoms with Crippen molar-refractivity contribution in [3.05, 3.63) is 0 Å². The van der Waals surface area contributed by atoms with E-state index in [9.17, 15) is 9.59 Å². The van der Waals surface area contributed by atoms with E-state index < -0.39 is 0 Å². The molecule has 2 fully saturated rings. The topological polar surface area (TPSA) is 40.6 Å². The standard InChI is InChI=1S/2C11H19N2O/c2*1-13(2,3)10-5-4-8-12-9-6-7-11(12)14/h2*6-10H2,1-3H3/q2*+1. The molecule has 0 spiro atoms. The molecule has 28 heavy (non-hydrogen) atoms. The quantitative estimate of drug-likeness (QED) is 0.522. The minimum atomic E-state index is 0.254. The summed E-state index contributed by atoms with van der Waals surface area (Å²) < 4.78 is 1.70. The summed E-state index contributed by atoms with van der Waals surface area (Å²) in [5, 5.41) is 0. The van der Waals surface area contributed by atoms with Crippen LogP contribution in [-0.4, -0.2) is 112 Å². The van der Waals surface area contributed by atoms with Crippen LogP contribution in [0.4, 0.5) is 0 Å². The molecule has 0 radical (unpaired) electrons. The fourth-order valence-electron chi connectivity index (χ4n) is 2.63. The normalized spacial score (nSPS) is 16.8. The highest BCUT2D eigenvalue weighted by Gasteiger charge is 2.19. The van der Waals surface area contributed by atoms with Crippen molar-refractivity contribution in [1.82, 2.24) is 9.80 Å². The lowest BCUT2D eigenvalue weighted by Crippen LogP contribution is -2.34. The van der Waals surface area contributed by atoms with E-state index in [0.717, 1.165) is 48.0 Å². The van der Waals surface area contributed by atoms with Gasteiger partial charge in [0.15, 0.2) is 0 Å². The van der Waals surface area contributed by atoms with Crippen LogP contribution >= 0.6 is 0 Å². The van der Waals surface area contributed by atoms with Crippen LogP contribution in [0.25, 0.3) is 0 Å². The van der Waals surface area contributed by atoms with Crippen LogP contribution in [0.3, 0.4) is 0 Å². The maximum atomic E-state index is 11.2. The summed E-state index contributed by atoms with van der Waals surface area (Å²) in [7, 11) is 12.6. The predicted octanol–water partition coefficient (Wildman–Crippen LogP) is 0.637. The molecule has 0 saturated carbocycles. The molecule has 156 valence electrons. The summed E-state index contributed by atoms with van der Waals surface area (Å²) in [6.07, 6.45) is 3.40. The van der Waals surface area contributed by atoms with Gasteiger partial charge in [0.2, 0.25) is 11.8 Å². The van der Waals surface area contributed by atoms with E-state index >= 15 is 0 Å². The summed E-state index contributed by atoms with van der Waals surface area (Å²) in [6.45, 7) is 4.66. The molecule has 0 N–H and O–H groups in total. The van der Waals surface area contributed by atoms with Gasteiger partial charge in [-0.3, -0.25) is 9.59 Å². The van der Waals surface area contributed by atoms with Gasteiger partial charge < -0.3 is 18.8 Å². The van der Waals surface area contributed by atoms with Gasteiger partial charge in [0.25, 0.3) is 0 Å². The molecule has 0 unspecified atom stereocenters. The van der Waals surface area contributed by atoms with Gasteiger partial charge in [0.05, 0.1) is 55.4 Å². The molecular weight excluding hydrogens is 352 g/mol. The third-order valence-electron chi connectivity index (χ3n) is 4.24. The van der Waals surface area contributed by atoms with Crippen molar-refractivity contribution in [1.29, 1.82) is 0 Å². The first-order chi connectivity index (χ1) is 13.0. The molecule has 0 aromatic rings. The molecule has 0 aromatic carbocycles. The molecule has 6 nitrogen and oxygen atoms in total. The van der Waals surface area contributed by atoms with Gasteiger partial charge in [0.1, 0.15) is 13.1 Å². The van der Waals surface area contributed by atoms with E-state index in [1.807, 2.05) is 9.80 Å². The number of carbonyl (C=O) groups is 2. The molecule has 2 saturated heterocycles. The minimum absolute atomic E-state index is 0.254. The van der Waals surface area contributed by atoms with Gasteiger partial charge in [-0.25, -0.2) is 0 Å². The van der Waals surface area contributed by atoms with E-state index in [2.05, 4.69) is 66.0 Å². The molecule has 0 bridgehead atoms. The van der Waals surface area contributed by atoms with E-state index in [1.54, 1.807) is 0 Å². The summed E-state index contributed by atoms with van der Waals surface area (Å²) >= 11 is 0. The zero-order valence-corrected chi connectivity index (χ0v) is 18.7. The van der Waals surface area contributed by atoms with Crippen LogP contribution in [0.1, 0.15) is 25.7 Å². The number of likely N-dealkylation sites (tertiary alicyclic amines) is 2. The Balaban J connectivity index is 0.000000280. The fraction of sp³-hybridized carbons (Fsp3) is 0.727. The highest BCUT2D eigenvalue weighted by atomic mass is 16.2. The van der Waals surface area contributed by atoms with E-state index in [-0.39, 0.29) is 11.8 Å². The molecule has 2 rings (SSSR count). The maximum Gasteiger partial charge on any atom is 0.223 e. The third kappa shape index (κ3) is 11.0.